The summed E-state index contributed by atoms with van der Waals surface area (Å²) in [6, 6.07) is 8.18. The van der Waals surface area contributed by atoms with Crippen molar-refractivity contribution in [2.75, 3.05) is 32.8 Å². The maximum absolute atomic E-state index is 12.8. The molecule has 27 heavy (non-hydrogen) atoms. The van der Waals surface area contributed by atoms with Gasteiger partial charge in [0.2, 0.25) is 0 Å². The average molecular weight is 369 g/mol. The third-order valence-electron chi connectivity index (χ3n) is 7.49. The van der Waals surface area contributed by atoms with Crippen LogP contribution in [0.2, 0.25) is 0 Å². The quantitative estimate of drug-likeness (QED) is 0.865. The predicted molar refractivity (Wildman–Crippen MR) is 105 cm³/mol. The molecule has 0 radical (unpaired) electrons. The molecule has 1 aliphatic heterocycles. The molecule has 4 aliphatic carbocycles. The lowest BCUT2D eigenvalue weighted by Gasteiger charge is -2.56. The van der Waals surface area contributed by atoms with Crippen LogP contribution in [0.4, 0.5) is 0 Å². The molecular formula is C23H32N2O2. The molecule has 4 bridgehead atoms. The molecule has 146 valence electrons. The van der Waals surface area contributed by atoms with Crippen LogP contribution in [0, 0.1) is 23.2 Å². The number of rotatable bonds is 5. The monoisotopic (exact) mass is 368 g/mol. The minimum absolute atomic E-state index is 0.106. The van der Waals surface area contributed by atoms with Crippen LogP contribution >= 0.6 is 0 Å². The van der Waals surface area contributed by atoms with Gasteiger partial charge in [0.15, 0.2) is 0 Å². The first-order chi connectivity index (χ1) is 13.2. The zero-order valence-electron chi connectivity index (χ0n) is 16.3. The normalized spacial score (nSPS) is 35.3. The summed E-state index contributed by atoms with van der Waals surface area (Å²) in [6.45, 7) is 5.35. The first kappa shape index (κ1) is 17.7. The molecular weight excluding hydrogens is 336 g/mol. The van der Waals surface area contributed by atoms with Crippen LogP contribution in [0.1, 0.15) is 54.4 Å². The van der Waals surface area contributed by atoms with Crippen LogP contribution in [0.15, 0.2) is 24.3 Å². The third-order valence-corrected chi connectivity index (χ3v) is 7.49. The number of carbonyl (C=O) groups excluding carboxylic acids is 1. The minimum Gasteiger partial charge on any atom is -0.379 e. The van der Waals surface area contributed by atoms with Crippen molar-refractivity contribution < 1.29 is 9.53 Å². The van der Waals surface area contributed by atoms with Crippen LogP contribution < -0.4 is 5.32 Å². The second-order valence-corrected chi connectivity index (χ2v) is 9.69. The zero-order valence-corrected chi connectivity index (χ0v) is 16.3. The van der Waals surface area contributed by atoms with Crippen molar-refractivity contribution in [3.05, 3.63) is 35.4 Å². The molecule has 0 unspecified atom stereocenters. The Kier molecular flexibility index (Phi) is 4.73. The molecule has 4 nitrogen and oxygen atoms in total. The van der Waals surface area contributed by atoms with E-state index in [0.717, 1.165) is 62.7 Å². The van der Waals surface area contributed by atoms with Gasteiger partial charge in [-0.15, -0.1) is 0 Å². The molecule has 1 amide bonds. The van der Waals surface area contributed by atoms with E-state index >= 15 is 0 Å². The van der Waals surface area contributed by atoms with E-state index in [1.54, 1.807) is 0 Å². The Morgan fingerprint density at radius 1 is 1.07 bits per heavy atom. The second kappa shape index (κ2) is 7.21. The van der Waals surface area contributed by atoms with E-state index in [-0.39, 0.29) is 5.91 Å². The number of nitrogens with zero attached hydrogens (tertiary/aromatic N) is 1. The van der Waals surface area contributed by atoms with E-state index in [4.69, 9.17) is 4.74 Å². The number of carbonyl (C=O) groups is 1. The van der Waals surface area contributed by atoms with Crippen LogP contribution in [0.25, 0.3) is 0 Å². The molecule has 1 N–H and O–H groups in total. The van der Waals surface area contributed by atoms with Gasteiger partial charge in [0.25, 0.3) is 5.91 Å². The fraction of sp³-hybridized carbons (Fsp3) is 0.696. The van der Waals surface area contributed by atoms with Crippen molar-refractivity contribution in [3.8, 4) is 0 Å². The van der Waals surface area contributed by atoms with Gasteiger partial charge in [0.05, 0.1) is 13.2 Å². The molecule has 1 aromatic carbocycles. The Morgan fingerprint density at radius 2 is 1.74 bits per heavy atom. The minimum atomic E-state index is 0.106. The van der Waals surface area contributed by atoms with Gasteiger partial charge in [0, 0.05) is 31.7 Å². The smallest absolute Gasteiger partial charge is 0.251 e. The largest absolute Gasteiger partial charge is 0.379 e. The maximum atomic E-state index is 12.8. The van der Waals surface area contributed by atoms with E-state index in [1.807, 2.05) is 12.1 Å². The first-order valence-corrected chi connectivity index (χ1v) is 10.8. The van der Waals surface area contributed by atoms with Crippen molar-refractivity contribution in [3.63, 3.8) is 0 Å². The SMILES string of the molecule is O=C(NCC12CC3CC(CC(C3)C1)C2)c1cccc(CN2CCOCC2)c1. The molecule has 5 aliphatic rings. The summed E-state index contributed by atoms with van der Waals surface area (Å²) >= 11 is 0. The summed E-state index contributed by atoms with van der Waals surface area (Å²) in [7, 11) is 0. The molecule has 6 rings (SSSR count). The number of morpholine rings is 1. The Labute approximate surface area is 162 Å². The van der Waals surface area contributed by atoms with Crippen LogP contribution in [0.5, 0.6) is 0 Å². The summed E-state index contributed by atoms with van der Waals surface area (Å²) in [5.41, 5.74) is 2.43. The van der Waals surface area contributed by atoms with Crippen molar-refractivity contribution in [1.82, 2.24) is 10.2 Å². The van der Waals surface area contributed by atoms with Crippen molar-refractivity contribution in [1.29, 1.82) is 0 Å². The summed E-state index contributed by atoms with van der Waals surface area (Å²) in [5.74, 6) is 2.91. The lowest BCUT2D eigenvalue weighted by atomic mass is 9.49. The highest BCUT2D eigenvalue weighted by atomic mass is 16.5. The van der Waals surface area contributed by atoms with Crippen molar-refractivity contribution >= 4 is 5.91 Å². The summed E-state index contributed by atoms with van der Waals surface area (Å²) in [6.07, 6.45) is 8.40. The Bertz CT molecular complexity index is 660. The van der Waals surface area contributed by atoms with Gasteiger partial charge >= 0.3 is 0 Å². The summed E-state index contributed by atoms with van der Waals surface area (Å²) in [5, 5.41) is 3.31. The highest BCUT2D eigenvalue weighted by Crippen LogP contribution is 2.59. The fourth-order valence-electron chi connectivity index (χ4n) is 6.70. The Balaban J connectivity index is 1.20. The van der Waals surface area contributed by atoms with E-state index in [0.29, 0.717) is 5.41 Å². The average Bonchev–Trinajstić information content (AvgIpc) is 2.66. The molecule has 4 saturated carbocycles. The number of hydrogen-bond acceptors (Lipinski definition) is 3. The second-order valence-electron chi connectivity index (χ2n) is 9.69. The number of amides is 1. The van der Waals surface area contributed by atoms with E-state index in [2.05, 4.69) is 22.3 Å². The highest BCUT2D eigenvalue weighted by molar-refractivity contribution is 5.94. The molecule has 5 fully saturated rings. The topological polar surface area (TPSA) is 41.6 Å². The lowest BCUT2D eigenvalue weighted by molar-refractivity contribution is -0.0503. The summed E-state index contributed by atoms with van der Waals surface area (Å²) in [4.78, 5) is 15.2. The third kappa shape index (κ3) is 3.79. The maximum Gasteiger partial charge on any atom is 0.251 e. The van der Waals surface area contributed by atoms with Crippen molar-refractivity contribution in [2.24, 2.45) is 23.2 Å². The molecule has 0 aromatic heterocycles. The van der Waals surface area contributed by atoms with E-state index in [9.17, 15) is 4.79 Å². The first-order valence-electron chi connectivity index (χ1n) is 10.8. The van der Waals surface area contributed by atoms with Gasteiger partial charge in [0.1, 0.15) is 0 Å². The molecule has 1 heterocycles. The standard InChI is InChI=1S/C23H32N2O2/c26-22(21-3-1-2-17(11-21)15-25-4-6-27-7-5-25)24-16-23-12-18-8-19(13-23)10-20(9-18)14-23/h1-3,11,18-20H,4-10,12-16H2,(H,24,26). The number of hydrogen-bond donors (Lipinski definition) is 1. The fourth-order valence-corrected chi connectivity index (χ4v) is 6.70. The highest BCUT2D eigenvalue weighted by Gasteiger charge is 2.50. The van der Waals surface area contributed by atoms with E-state index < -0.39 is 0 Å². The summed E-state index contributed by atoms with van der Waals surface area (Å²) < 4.78 is 5.43. The van der Waals surface area contributed by atoms with Gasteiger partial charge in [-0.3, -0.25) is 9.69 Å². The number of ether oxygens (including phenoxy) is 1. The molecule has 1 saturated heterocycles. The Hall–Kier alpha value is -1.39. The molecule has 0 atom stereocenters. The van der Waals surface area contributed by atoms with Crippen LogP contribution in [-0.4, -0.2) is 43.7 Å². The lowest BCUT2D eigenvalue weighted by Crippen LogP contribution is -2.51. The van der Waals surface area contributed by atoms with Gasteiger partial charge in [-0.05, 0) is 79.4 Å². The van der Waals surface area contributed by atoms with Gasteiger partial charge in [-0.2, -0.15) is 0 Å². The predicted octanol–water partition coefficient (Wildman–Crippen LogP) is 3.47. The molecule has 4 heteroatoms. The van der Waals surface area contributed by atoms with Crippen molar-refractivity contribution in [2.45, 2.75) is 45.1 Å². The number of nitrogens with one attached hydrogen (secondary N) is 1. The molecule has 0 spiro atoms. The van der Waals surface area contributed by atoms with Gasteiger partial charge in [-0.25, -0.2) is 0 Å². The van der Waals surface area contributed by atoms with Crippen LogP contribution in [0.3, 0.4) is 0 Å². The zero-order chi connectivity index (χ0) is 18.3. The molecule has 1 aromatic rings. The Morgan fingerprint density at radius 3 is 2.41 bits per heavy atom. The van der Waals surface area contributed by atoms with E-state index in [1.165, 1.54) is 44.1 Å². The van der Waals surface area contributed by atoms with Crippen LogP contribution in [-0.2, 0) is 11.3 Å². The number of benzene rings is 1. The van der Waals surface area contributed by atoms with Gasteiger partial charge in [-0.1, -0.05) is 12.1 Å². The van der Waals surface area contributed by atoms with Gasteiger partial charge < -0.3 is 10.1 Å².